The first kappa shape index (κ1) is 19.6. The van der Waals surface area contributed by atoms with Crippen molar-refractivity contribution in [3.8, 4) is 0 Å². The number of guanidine groups is 1. The number of anilines is 1. The van der Waals surface area contributed by atoms with Crippen LogP contribution in [0.25, 0.3) is 0 Å². The van der Waals surface area contributed by atoms with Gasteiger partial charge in [-0.05, 0) is 41.8 Å². The van der Waals surface area contributed by atoms with Gasteiger partial charge in [-0.1, -0.05) is 31.2 Å². The first-order chi connectivity index (χ1) is 10.6. The van der Waals surface area contributed by atoms with E-state index in [1.807, 2.05) is 36.4 Å². The van der Waals surface area contributed by atoms with Crippen molar-refractivity contribution in [3.63, 3.8) is 0 Å². The topological polar surface area (TPSA) is 67.5 Å². The Balaban J connectivity index is 0.00000264. The fourth-order valence-corrected chi connectivity index (χ4v) is 2.54. The SMILES string of the molecule is CCc1cccc(NC(N)=NCc2ccc(S(C)=O)cc2)c1.I. The number of rotatable bonds is 5. The van der Waals surface area contributed by atoms with E-state index in [0.29, 0.717) is 12.5 Å². The van der Waals surface area contributed by atoms with Gasteiger partial charge in [-0.25, -0.2) is 4.99 Å². The highest BCUT2D eigenvalue weighted by Gasteiger charge is 1.99. The molecule has 2 aromatic carbocycles. The Kier molecular flexibility index (Phi) is 8.25. The van der Waals surface area contributed by atoms with Crippen molar-refractivity contribution in [2.75, 3.05) is 11.6 Å². The summed E-state index contributed by atoms with van der Waals surface area (Å²) in [6, 6.07) is 15.7. The van der Waals surface area contributed by atoms with Crippen LogP contribution in [-0.4, -0.2) is 16.4 Å². The van der Waals surface area contributed by atoms with Crippen molar-refractivity contribution >= 4 is 46.4 Å². The number of nitrogens with two attached hydrogens (primary N) is 1. The van der Waals surface area contributed by atoms with Crippen molar-refractivity contribution < 1.29 is 4.21 Å². The summed E-state index contributed by atoms with van der Waals surface area (Å²) in [6.45, 7) is 2.60. The lowest BCUT2D eigenvalue weighted by molar-refractivity contribution is 0.687. The van der Waals surface area contributed by atoms with E-state index in [2.05, 4.69) is 29.4 Å². The third-order valence-corrected chi connectivity index (χ3v) is 4.23. The molecule has 0 aromatic heterocycles. The number of hydrogen-bond acceptors (Lipinski definition) is 2. The average Bonchev–Trinajstić information content (AvgIpc) is 2.53. The van der Waals surface area contributed by atoms with E-state index in [-0.39, 0.29) is 24.0 Å². The Labute approximate surface area is 157 Å². The van der Waals surface area contributed by atoms with Crippen LogP contribution in [0, 0.1) is 0 Å². The second-order valence-electron chi connectivity index (χ2n) is 4.98. The molecule has 1 atom stereocenters. The van der Waals surface area contributed by atoms with E-state index < -0.39 is 10.8 Å². The summed E-state index contributed by atoms with van der Waals surface area (Å²) in [5.74, 6) is 0.386. The monoisotopic (exact) mass is 443 g/mol. The van der Waals surface area contributed by atoms with Crippen LogP contribution in [0.4, 0.5) is 5.69 Å². The lowest BCUT2D eigenvalue weighted by Gasteiger charge is -2.07. The smallest absolute Gasteiger partial charge is 0.193 e. The van der Waals surface area contributed by atoms with Crippen molar-refractivity contribution in [1.82, 2.24) is 0 Å². The van der Waals surface area contributed by atoms with Gasteiger partial charge in [0.25, 0.3) is 0 Å². The predicted octanol–water partition coefficient (Wildman–Crippen LogP) is 3.53. The molecule has 0 heterocycles. The second kappa shape index (κ2) is 9.67. The summed E-state index contributed by atoms with van der Waals surface area (Å²) >= 11 is 0. The van der Waals surface area contributed by atoms with Gasteiger partial charge in [0.1, 0.15) is 0 Å². The van der Waals surface area contributed by atoms with Crippen LogP contribution in [0.5, 0.6) is 0 Å². The van der Waals surface area contributed by atoms with Crippen molar-refractivity contribution in [2.24, 2.45) is 10.7 Å². The molecule has 0 saturated heterocycles. The minimum Gasteiger partial charge on any atom is -0.370 e. The van der Waals surface area contributed by atoms with Gasteiger partial charge in [0.2, 0.25) is 0 Å². The number of benzene rings is 2. The maximum absolute atomic E-state index is 11.3. The van der Waals surface area contributed by atoms with Gasteiger partial charge < -0.3 is 11.1 Å². The molecule has 0 saturated carbocycles. The van der Waals surface area contributed by atoms with E-state index in [9.17, 15) is 4.21 Å². The molecule has 23 heavy (non-hydrogen) atoms. The molecule has 4 nitrogen and oxygen atoms in total. The van der Waals surface area contributed by atoms with E-state index in [4.69, 9.17) is 5.73 Å². The third kappa shape index (κ3) is 6.31. The van der Waals surface area contributed by atoms with Gasteiger partial charge >= 0.3 is 0 Å². The van der Waals surface area contributed by atoms with Gasteiger partial charge in [-0.3, -0.25) is 4.21 Å². The number of halogens is 1. The third-order valence-electron chi connectivity index (χ3n) is 3.29. The molecule has 2 aromatic rings. The molecule has 1 unspecified atom stereocenters. The first-order valence-corrected chi connectivity index (χ1v) is 8.72. The van der Waals surface area contributed by atoms with Gasteiger partial charge in [0, 0.05) is 27.6 Å². The average molecular weight is 443 g/mol. The van der Waals surface area contributed by atoms with Crippen molar-refractivity contribution in [3.05, 3.63) is 59.7 Å². The summed E-state index contributed by atoms with van der Waals surface area (Å²) < 4.78 is 11.3. The molecule has 0 spiro atoms. The molecule has 6 heteroatoms. The van der Waals surface area contributed by atoms with E-state index >= 15 is 0 Å². The highest BCUT2D eigenvalue weighted by Crippen LogP contribution is 2.11. The Morgan fingerprint density at radius 2 is 1.87 bits per heavy atom. The van der Waals surface area contributed by atoms with Crippen LogP contribution in [0.2, 0.25) is 0 Å². The molecule has 0 amide bonds. The molecule has 0 aliphatic heterocycles. The summed E-state index contributed by atoms with van der Waals surface area (Å²) in [5, 5.41) is 3.10. The summed E-state index contributed by atoms with van der Waals surface area (Å²) in [4.78, 5) is 5.14. The van der Waals surface area contributed by atoms with Gasteiger partial charge in [-0.2, -0.15) is 0 Å². The highest BCUT2D eigenvalue weighted by atomic mass is 127. The van der Waals surface area contributed by atoms with E-state index in [1.54, 1.807) is 6.26 Å². The Hall–Kier alpha value is -1.41. The lowest BCUT2D eigenvalue weighted by atomic mass is 10.1. The Morgan fingerprint density at radius 3 is 2.48 bits per heavy atom. The minimum absolute atomic E-state index is 0. The highest BCUT2D eigenvalue weighted by molar-refractivity contribution is 14.0. The maximum atomic E-state index is 11.3. The Bertz CT molecular complexity index is 686. The Morgan fingerprint density at radius 1 is 1.17 bits per heavy atom. The second-order valence-corrected chi connectivity index (χ2v) is 6.36. The van der Waals surface area contributed by atoms with Crippen LogP contribution >= 0.6 is 24.0 Å². The fraction of sp³-hybridized carbons (Fsp3) is 0.235. The molecule has 0 bridgehead atoms. The van der Waals surface area contributed by atoms with Gasteiger partial charge in [0.15, 0.2) is 5.96 Å². The zero-order valence-electron chi connectivity index (χ0n) is 13.3. The standard InChI is InChI=1S/C17H21N3OS.HI/c1-3-13-5-4-6-15(11-13)20-17(18)19-12-14-7-9-16(10-8-14)22(2)21;/h4-11H,3,12H2,1-2H3,(H3,18,19,20);1H. The molecule has 0 aliphatic carbocycles. The summed E-state index contributed by atoms with van der Waals surface area (Å²) in [6.07, 6.45) is 2.65. The van der Waals surface area contributed by atoms with E-state index in [1.165, 1.54) is 5.56 Å². The number of aliphatic imine (C=N–C) groups is 1. The number of aryl methyl sites for hydroxylation is 1. The van der Waals surface area contributed by atoms with Crippen LogP contribution < -0.4 is 11.1 Å². The molecule has 0 aliphatic rings. The number of hydrogen-bond donors (Lipinski definition) is 2. The van der Waals surface area contributed by atoms with Crippen LogP contribution in [0.3, 0.4) is 0 Å². The summed E-state index contributed by atoms with van der Waals surface area (Å²) in [5.41, 5.74) is 9.14. The molecule has 124 valence electrons. The van der Waals surface area contributed by atoms with E-state index in [0.717, 1.165) is 22.6 Å². The zero-order valence-corrected chi connectivity index (χ0v) is 16.4. The zero-order chi connectivity index (χ0) is 15.9. The van der Waals surface area contributed by atoms with Crippen LogP contribution in [0.1, 0.15) is 18.1 Å². The van der Waals surface area contributed by atoms with Gasteiger partial charge in [-0.15, -0.1) is 24.0 Å². The molecule has 0 radical (unpaired) electrons. The van der Waals surface area contributed by atoms with Crippen molar-refractivity contribution in [2.45, 2.75) is 24.8 Å². The van der Waals surface area contributed by atoms with Crippen LogP contribution in [-0.2, 0) is 23.8 Å². The minimum atomic E-state index is -0.953. The predicted molar refractivity (Wildman–Crippen MR) is 109 cm³/mol. The van der Waals surface area contributed by atoms with Crippen molar-refractivity contribution in [1.29, 1.82) is 0 Å². The molecule has 0 fully saturated rings. The van der Waals surface area contributed by atoms with Gasteiger partial charge in [0.05, 0.1) is 6.54 Å². The molecular formula is C17H22IN3OS. The summed E-state index contributed by atoms with van der Waals surface area (Å²) in [7, 11) is -0.953. The quantitative estimate of drug-likeness (QED) is 0.422. The largest absolute Gasteiger partial charge is 0.370 e. The number of nitrogens with zero attached hydrogens (tertiary/aromatic N) is 1. The lowest BCUT2D eigenvalue weighted by Crippen LogP contribution is -2.22. The number of nitrogens with one attached hydrogen (secondary N) is 1. The molecular weight excluding hydrogens is 421 g/mol. The first-order valence-electron chi connectivity index (χ1n) is 7.16. The normalized spacial score (nSPS) is 12.3. The maximum Gasteiger partial charge on any atom is 0.193 e. The molecule has 2 rings (SSSR count). The van der Waals surface area contributed by atoms with Crippen LogP contribution in [0.15, 0.2) is 58.4 Å². The fourth-order valence-electron chi connectivity index (χ4n) is 2.02. The molecule has 3 N–H and O–H groups in total.